The molecule has 0 aliphatic carbocycles. The first kappa shape index (κ1) is 8.74. The molecule has 2 heterocycles. The minimum absolute atomic E-state index is 0.0659. The first-order valence-electron chi connectivity index (χ1n) is 3.83. The fourth-order valence-electron chi connectivity index (χ4n) is 1.07. The molecule has 0 aromatic carbocycles. The maximum Gasteiger partial charge on any atom is 0.354 e. The molecule has 1 aliphatic heterocycles. The molecular formula is C8H6FNO4. The number of alkyl halides is 1. The van der Waals surface area contributed by atoms with Gasteiger partial charge in [-0.25, -0.2) is 9.78 Å². The zero-order valence-electron chi connectivity index (χ0n) is 6.94. The normalized spacial score (nSPS) is 19.1. The van der Waals surface area contributed by atoms with E-state index in [1.165, 1.54) is 6.20 Å². The number of nitrogens with zero attached hydrogens (tertiary/aromatic N) is 1. The molecule has 6 heteroatoms. The fourth-order valence-corrected chi connectivity index (χ4v) is 1.07. The van der Waals surface area contributed by atoms with Gasteiger partial charge < -0.3 is 14.6 Å². The van der Waals surface area contributed by atoms with Crippen LogP contribution in [0, 0.1) is 0 Å². The molecule has 0 unspecified atom stereocenters. The molecule has 14 heavy (non-hydrogen) atoms. The lowest BCUT2D eigenvalue weighted by Crippen LogP contribution is -2.25. The number of pyridine rings is 1. The summed E-state index contributed by atoms with van der Waals surface area (Å²) >= 11 is 0. The summed E-state index contributed by atoms with van der Waals surface area (Å²) in [5, 5.41) is 8.60. The van der Waals surface area contributed by atoms with E-state index in [1.807, 2.05) is 0 Å². The minimum Gasteiger partial charge on any atom is -0.481 e. The lowest BCUT2D eigenvalue weighted by molar-refractivity contribution is -0.00341. The fraction of sp³-hybridized carbons (Fsp3) is 0.250. The first-order valence-corrected chi connectivity index (χ1v) is 3.83. The van der Waals surface area contributed by atoms with Crippen LogP contribution in [0.5, 0.6) is 11.5 Å². The Balaban J connectivity index is 2.37. The number of ether oxygens (including phenoxy) is 2. The van der Waals surface area contributed by atoms with Crippen molar-refractivity contribution in [2.45, 2.75) is 6.36 Å². The van der Waals surface area contributed by atoms with Gasteiger partial charge in [-0.15, -0.1) is 0 Å². The van der Waals surface area contributed by atoms with Crippen molar-refractivity contribution in [1.29, 1.82) is 0 Å². The Hall–Kier alpha value is -1.85. The van der Waals surface area contributed by atoms with E-state index in [2.05, 4.69) is 4.98 Å². The van der Waals surface area contributed by atoms with E-state index >= 15 is 0 Å². The maximum absolute atomic E-state index is 12.7. The van der Waals surface area contributed by atoms with E-state index in [4.69, 9.17) is 14.6 Å². The standard InChI is InChI=1S/C8H6FNO4/c9-7-3-13-6-2-10-4(8(11)12)1-5(6)14-7/h1-2,7H,3H2,(H,11,12)/t7-/m1/s1. The van der Waals surface area contributed by atoms with Gasteiger partial charge in [-0.05, 0) is 0 Å². The zero-order valence-corrected chi connectivity index (χ0v) is 6.94. The van der Waals surface area contributed by atoms with Crippen LogP contribution in [0.15, 0.2) is 12.3 Å². The van der Waals surface area contributed by atoms with Crippen LogP contribution < -0.4 is 9.47 Å². The number of aromatic nitrogens is 1. The van der Waals surface area contributed by atoms with Crippen molar-refractivity contribution >= 4 is 5.97 Å². The third-order valence-electron chi connectivity index (χ3n) is 1.68. The van der Waals surface area contributed by atoms with E-state index < -0.39 is 12.3 Å². The van der Waals surface area contributed by atoms with Crippen LogP contribution in [0.1, 0.15) is 10.5 Å². The molecule has 5 nitrogen and oxygen atoms in total. The van der Waals surface area contributed by atoms with Crippen molar-refractivity contribution in [2.24, 2.45) is 0 Å². The van der Waals surface area contributed by atoms with Gasteiger partial charge in [0.05, 0.1) is 6.20 Å². The molecule has 74 valence electrons. The average molecular weight is 199 g/mol. The molecule has 0 bridgehead atoms. The summed E-state index contributed by atoms with van der Waals surface area (Å²) in [6.45, 7) is -0.207. The quantitative estimate of drug-likeness (QED) is 0.725. The van der Waals surface area contributed by atoms with Crippen molar-refractivity contribution in [3.8, 4) is 11.5 Å². The second-order valence-electron chi connectivity index (χ2n) is 2.66. The number of rotatable bonds is 1. The van der Waals surface area contributed by atoms with Gasteiger partial charge in [-0.2, -0.15) is 4.39 Å². The number of aromatic carboxylic acids is 1. The molecule has 0 radical (unpaired) electrons. The summed E-state index contributed by atoms with van der Waals surface area (Å²) in [6.07, 6.45) is -0.364. The Morgan fingerprint density at radius 3 is 3.14 bits per heavy atom. The lowest BCUT2D eigenvalue weighted by atomic mass is 10.3. The average Bonchev–Trinajstić information content (AvgIpc) is 2.16. The molecule has 0 spiro atoms. The van der Waals surface area contributed by atoms with Crippen molar-refractivity contribution in [3.05, 3.63) is 18.0 Å². The Morgan fingerprint density at radius 2 is 2.43 bits per heavy atom. The third-order valence-corrected chi connectivity index (χ3v) is 1.68. The van der Waals surface area contributed by atoms with Crippen molar-refractivity contribution < 1.29 is 23.8 Å². The Morgan fingerprint density at radius 1 is 1.64 bits per heavy atom. The van der Waals surface area contributed by atoms with Gasteiger partial charge in [0.1, 0.15) is 0 Å². The van der Waals surface area contributed by atoms with E-state index in [-0.39, 0.29) is 23.8 Å². The van der Waals surface area contributed by atoms with Crippen LogP contribution in [0.4, 0.5) is 4.39 Å². The summed E-state index contributed by atoms with van der Waals surface area (Å²) in [4.78, 5) is 14.1. The molecule has 0 saturated heterocycles. The smallest absolute Gasteiger partial charge is 0.354 e. The number of hydrogen-bond acceptors (Lipinski definition) is 4. The number of halogens is 1. The van der Waals surface area contributed by atoms with Gasteiger partial charge in [-0.3, -0.25) is 0 Å². The largest absolute Gasteiger partial charge is 0.481 e. The van der Waals surface area contributed by atoms with E-state index in [0.29, 0.717) is 0 Å². The second kappa shape index (κ2) is 3.13. The predicted octanol–water partition coefficient (Wildman–Crippen LogP) is 0.847. The molecule has 0 fully saturated rings. The summed E-state index contributed by atoms with van der Waals surface area (Å²) in [6, 6.07) is 1.13. The highest BCUT2D eigenvalue weighted by molar-refractivity contribution is 5.86. The molecule has 1 N–H and O–H groups in total. The Bertz CT molecular complexity index is 382. The van der Waals surface area contributed by atoms with Gasteiger partial charge in [-0.1, -0.05) is 0 Å². The predicted molar refractivity (Wildman–Crippen MR) is 42.2 cm³/mol. The van der Waals surface area contributed by atoms with E-state index in [0.717, 1.165) is 6.07 Å². The van der Waals surface area contributed by atoms with E-state index in [9.17, 15) is 9.18 Å². The molecule has 0 saturated carbocycles. The summed E-state index contributed by atoms with van der Waals surface area (Å²) in [7, 11) is 0. The van der Waals surface area contributed by atoms with Crippen LogP contribution in [-0.2, 0) is 0 Å². The van der Waals surface area contributed by atoms with Gasteiger partial charge in [0, 0.05) is 6.07 Å². The topological polar surface area (TPSA) is 68.7 Å². The van der Waals surface area contributed by atoms with Crippen molar-refractivity contribution in [2.75, 3.05) is 6.61 Å². The van der Waals surface area contributed by atoms with E-state index in [1.54, 1.807) is 0 Å². The van der Waals surface area contributed by atoms with Crippen LogP contribution in [0.25, 0.3) is 0 Å². The molecule has 0 amide bonds. The van der Waals surface area contributed by atoms with Crippen molar-refractivity contribution in [1.82, 2.24) is 4.98 Å². The van der Waals surface area contributed by atoms with Crippen LogP contribution in [0.2, 0.25) is 0 Å². The first-order chi connectivity index (χ1) is 6.66. The number of carbonyl (C=O) groups is 1. The molecular weight excluding hydrogens is 193 g/mol. The summed E-state index contributed by atoms with van der Waals surface area (Å²) < 4.78 is 22.3. The van der Waals surface area contributed by atoms with Crippen LogP contribution in [0.3, 0.4) is 0 Å². The van der Waals surface area contributed by atoms with Crippen molar-refractivity contribution in [3.63, 3.8) is 0 Å². The van der Waals surface area contributed by atoms with Gasteiger partial charge in [0.15, 0.2) is 23.8 Å². The second-order valence-corrected chi connectivity index (χ2v) is 2.66. The Kier molecular flexibility index (Phi) is 1.95. The van der Waals surface area contributed by atoms with Crippen LogP contribution >= 0.6 is 0 Å². The van der Waals surface area contributed by atoms with Gasteiger partial charge in [0.25, 0.3) is 6.36 Å². The SMILES string of the molecule is O=C(O)c1cc2c(cn1)OC[C@H](F)O2. The molecule has 1 aromatic heterocycles. The number of hydrogen-bond donors (Lipinski definition) is 1. The number of carboxylic acids is 1. The highest BCUT2D eigenvalue weighted by Gasteiger charge is 2.21. The summed E-state index contributed by atoms with van der Waals surface area (Å²) in [5.74, 6) is -0.877. The van der Waals surface area contributed by atoms with Gasteiger partial charge >= 0.3 is 5.97 Å². The lowest BCUT2D eigenvalue weighted by Gasteiger charge is -2.20. The van der Waals surface area contributed by atoms with Gasteiger partial charge in [0.2, 0.25) is 0 Å². The number of carboxylic acid groups (broad SMARTS) is 1. The molecule has 1 atom stereocenters. The monoisotopic (exact) mass is 199 g/mol. The maximum atomic E-state index is 12.7. The number of fused-ring (bicyclic) bond motifs is 1. The molecule has 1 aliphatic rings. The highest BCUT2D eigenvalue weighted by atomic mass is 19.1. The zero-order chi connectivity index (χ0) is 10.1. The van der Waals surface area contributed by atoms with Crippen LogP contribution in [-0.4, -0.2) is 29.0 Å². The molecule has 2 rings (SSSR count). The highest BCUT2D eigenvalue weighted by Crippen LogP contribution is 2.31. The molecule has 1 aromatic rings. The summed E-state index contributed by atoms with van der Waals surface area (Å²) in [5.41, 5.74) is -0.207. The Labute approximate surface area is 78.1 Å². The third kappa shape index (κ3) is 1.46. The minimum atomic E-state index is -1.56.